The number of aliphatic carboxylic acids is 1. The van der Waals surface area contributed by atoms with Gasteiger partial charge in [0.05, 0.1) is 32.6 Å². The Labute approximate surface area is 167 Å². The Bertz CT molecular complexity index is 1060. The smallest absolute Gasteiger partial charge is 0.418 e. The lowest BCUT2D eigenvalue weighted by Gasteiger charge is -2.17. The van der Waals surface area contributed by atoms with Crippen molar-refractivity contribution in [3.63, 3.8) is 0 Å². The number of rotatable bonds is 7. The molecule has 0 bridgehead atoms. The van der Waals surface area contributed by atoms with E-state index in [9.17, 15) is 35.9 Å². The number of sulfone groups is 1. The molecule has 0 saturated carbocycles. The zero-order chi connectivity index (χ0) is 22.0. The molecule has 29 heavy (non-hydrogen) atoms. The van der Waals surface area contributed by atoms with Crippen molar-refractivity contribution in [2.75, 3.05) is 5.75 Å². The van der Waals surface area contributed by atoms with Crippen molar-refractivity contribution in [1.82, 2.24) is 4.98 Å². The number of carbonyl (C=O) groups is 1. The molecule has 0 aliphatic rings. The maximum absolute atomic E-state index is 13.1. The highest BCUT2D eigenvalue weighted by Gasteiger charge is 2.38. The van der Waals surface area contributed by atoms with Crippen LogP contribution in [-0.4, -0.2) is 35.9 Å². The van der Waals surface area contributed by atoms with Gasteiger partial charge < -0.3 is 10.5 Å². The summed E-state index contributed by atoms with van der Waals surface area (Å²) in [6, 6.07) is 4.13. The molecule has 1 unspecified atom stereocenters. The van der Waals surface area contributed by atoms with Gasteiger partial charge in [0.25, 0.3) is 0 Å². The topological polar surface area (TPSA) is 108 Å². The van der Waals surface area contributed by atoms with Gasteiger partial charge in [-0.1, -0.05) is 11.6 Å². The summed E-state index contributed by atoms with van der Waals surface area (Å²) in [4.78, 5) is 14.5. The molecule has 0 spiro atoms. The Morgan fingerprint density at radius 3 is 2.48 bits per heavy atom. The number of aromatic nitrogens is 1. The van der Waals surface area contributed by atoms with E-state index in [0.717, 1.165) is 30.5 Å². The first kappa shape index (κ1) is 22.8. The predicted molar refractivity (Wildman–Crippen MR) is 95.3 cm³/mol. The van der Waals surface area contributed by atoms with Crippen molar-refractivity contribution in [3.05, 3.63) is 58.6 Å². The van der Waals surface area contributed by atoms with Crippen LogP contribution in [0.25, 0.3) is 0 Å². The number of pyridine rings is 1. The van der Waals surface area contributed by atoms with Gasteiger partial charge in [0.1, 0.15) is 11.7 Å². The van der Waals surface area contributed by atoms with Gasteiger partial charge in [-0.15, -0.1) is 0 Å². The molecule has 1 aromatic heterocycles. The molecule has 0 amide bonds. The second kappa shape index (κ2) is 8.46. The van der Waals surface area contributed by atoms with Gasteiger partial charge >= 0.3 is 12.1 Å². The van der Waals surface area contributed by atoms with Crippen LogP contribution in [0.3, 0.4) is 0 Å². The van der Waals surface area contributed by atoms with Crippen molar-refractivity contribution < 1.29 is 35.9 Å². The van der Waals surface area contributed by atoms with Gasteiger partial charge in [-0.05, 0) is 36.8 Å². The molecule has 0 saturated heterocycles. The minimum Gasteiger partial charge on any atom is -0.481 e. The number of hydrogen-bond donors (Lipinski definition) is 2. The van der Waals surface area contributed by atoms with Crippen molar-refractivity contribution in [3.8, 4) is 0 Å². The van der Waals surface area contributed by atoms with Crippen molar-refractivity contribution in [2.24, 2.45) is 5.92 Å². The number of nitrogens with one attached hydrogen (secondary N) is 1. The number of carboxylic acid groups (broad SMARTS) is 1. The average Bonchev–Trinajstić information content (AvgIpc) is 2.60. The number of halogens is 5. The number of alkyl halides is 3. The first-order valence-electron chi connectivity index (χ1n) is 7.86. The largest absolute Gasteiger partial charge is 0.481 e. The van der Waals surface area contributed by atoms with E-state index < -0.39 is 72.8 Å². The summed E-state index contributed by atoms with van der Waals surface area (Å²) >= 11 is 5.71. The van der Waals surface area contributed by atoms with Crippen LogP contribution >= 0.6 is 11.6 Å². The van der Waals surface area contributed by atoms with E-state index in [2.05, 4.69) is 4.98 Å². The minimum atomic E-state index is -4.88. The Kier molecular flexibility index (Phi) is 6.63. The normalized spacial score (nSPS) is 13.1. The van der Waals surface area contributed by atoms with Crippen molar-refractivity contribution >= 4 is 33.1 Å². The van der Waals surface area contributed by atoms with Crippen LogP contribution < -0.4 is 0 Å². The summed E-state index contributed by atoms with van der Waals surface area (Å²) in [6.45, 7) is 0. The van der Waals surface area contributed by atoms with Crippen LogP contribution in [0.15, 0.2) is 41.4 Å². The molecule has 1 aromatic carbocycles. The van der Waals surface area contributed by atoms with Gasteiger partial charge in [-0.3, -0.25) is 9.78 Å². The first-order chi connectivity index (χ1) is 13.3. The fraction of sp³-hybridized carbons (Fsp3) is 0.235. The quantitative estimate of drug-likeness (QED) is 0.377. The molecule has 12 heteroatoms. The highest BCUT2D eigenvalue weighted by atomic mass is 35.5. The molecule has 2 aromatic rings. The molecule has 0 aliphatic carbocycles. The van der Waals surface area contributed by atoms with Crippen LogP contribution in [0.1, 0.15) is 17.7 Å². The second-order valence-electron chi connectivity index (χ2n) is 5.88. The first-order valence-corrected chi connectivity index (χ1v) is 9.89. The molecule has 156 valence electrons. The monoisotopic (exact) mass is 452 g/mol. The Hall–Kier alpha value is -2.53. The lowest BCUT2D eigenvalue weighted by molar-refractivity contribution is -0.140. The van der Waals surface area contributed by atoms with Crippen molar-refractivity contribution in [1.29, 1.82) is 5.41 Å². The Morgan fingerprint density at radius 2 is 1.93 bits per heavy atom. The number of hydrogen-bond acceptors (Lipinski definition) is 5. The number of benzene rings is 1. The minimum absolute atomic E-state index is 0.420. The van der Waals surface area contributed by atoms with E-state index in [1.54, 1.807) is 0 Å². The maximum atomic E-state index is 13.1. The summed E-state index contributed by atoms with van der Waals surface area (Å²) in [6.07, 6.45) is -4.63. The second-order valence-corrected chi connectivity index (χ2v) is 8.37. The molecule has 0 fully saturated rings. The predicted octanol–water partition coefficient (Wildman–Crippen LogP) is 3.83. The SMILES string of the molecule is N=C(c1ncccc1C(F)(F)F)C(CCS(=O)(=O)c1ccc(F)cc1Cl)C(=O)O. The van der Waals surface area contributed by atoms with Gasteiger partial charge in [0.15, 0.2) is 9.84 Å². The standard InChI is InChI=1S/C17H13ClF4N2O4S/c18-12-8-9(19)3-4-13(12)29(27,28)7-5-10(16(25)26)14(23)15-11(17(20,21)22)2-1-6-24-15/h1-4,6,8,10,23H,5,7H2,(H,25,26). The summed E-state index contributed by atoms with van der Waals surface area (Å²) in [5.74, 6) is -5.19. The molecule has 0 radical (unpaired) electrons. The summed E-state index contributed by atoms with van der Waals surface area (Å²) in [5.41, 5.74) is -3.18. The molecule has 0 aliphatic heterocycles. The molecule has 2 rings (SSSR count). The Morgan fingerprint density at radius 1 is 1.28 bits per heavy atom. The molecular weight excluding hydrogens is 440 g/mol. The van der Waals surface area contributed by atoms with Crippen LogP contribution in [0.4, 0.5) is 17.6 Å². The summed E-state index contributed by atoms with van der Waals surface area (Å²) in [5, 5.41) is 16.8. The van der Waals surface area contributed by atoms with Crippen LogP contribution in [0.5, 0.6) is 0 Å². The van der Waals surface area contributed by atoms with Crippen molar-refractivity contribution in [2.45, 2.75) is 17.5 Å². The van der Waals surface area contributed by atoms with Crippen LogP contribution in [-0.2, 0) is 20.8 Å². The van der Waals surface area contributed by atoms with Crippen LogP contribution in [0, 0.1) is 17.1 Å². The zero-order valence-electron chi connectivity index (χ0n) is 14.4. The van der Waals surface area contributed by atoms with E-state index in [1.807, 2.05) is 0 Å². The molecule has 2 N–H and O–H groups in total. The fourth-order valence-corrected chi connectivity index (χ4v) is 4.43. The third-order valence-corrected chi connectivity index (χ3v) is 6.14. The van der Waals surface area contributed by atoms with E-state index in [-0.39, 0.29) is 0 Å². The summed E-state index contributed by atoms with van der Waals surface area (Å²) < 4.78 is 77.3. The van der Waals surface area contributed by atoms with Gasteiger partial charge in [0.2, 0.25) is 0 Å². The highest BCUT2D eigenvalue weighted by molar-refractivity contribution is 7.91. The molecule has 1 heterocycles. The maximum Gasteiger partial charge on any atom is 0.418 e. The van der Waals surface area contributed by atoms with Crippen LogP contribution in [0.2, 0.25) is 5.02 Å². The fourth-order valence-electron chi connectivity index (χ4n) is 2.52. The molecule has 1 atom stereocenters. The summed E-state index contributed by atoms with van der Waals surface area (Å²) in [7, 11) is -4.19. The van der Waals surface area contributed by atoms with Gasteiger partial charge in [-0.2, -0.15) is 13.2 Å². The molecule has 6 nitrogen and oxygen atoms in total. The lowest BCUT2D eigenvalue weighted by Crippen LogP contribution is -2.29. The van der Waals surface area contributed by atoms with E-state index in [0.29, 0.717) is 6.07 Å². The third-order valence-electron chi connectivity index (χ3n) is 3.92. The lowest BCUT2D eigenvalue weighted by atomic mass is 9.95. The highest BCUT2D eigenvalue weighted by Crippen LogP contribution is 2.32. The number of carboxylic acids is 1. The zero-order valence-corrected chi connectivity index (χ0v) is 15.9. The molecular formula is C17H13ClF4N2O4S. The van der Waals surface area contributed by atoms with Gasteiger partial charge in [0, 0.05) is 6.20 Å². The van der Waals surface area contributed by atoms with Gasteiger partial charge in [-0.25, -0.2) is 12.8 Å². The van der Waals surface area contributed by atoms with E-state index in [4.69, 9.17) is 17.0 Å². The number of nitrogens with zero attached hydrogens (tertiary/aromatic N) is 1. The average molecular weight is 453 g/mol. The Balaban J connectivity index is 2.32. The third kappa shape index (κ3) is 5.30. The van der Waals surface area contributed by atoms with E-state index >= 15 is 0 Å². The van der Waals surface area contributed by atoms with E-state index in [1.165, 1.54) is 0 Å².